The van der Waals surface area contributed by atoms with E-state index in [1.165, 1.54) is 12.1 Å². The van der Waals surface area contributed by atoms with E-state index in [1.807, 2.05) is 0 Å². The molecular weight excluding hydrogens is 284 g/mol. The maximum atomic E-state index is 12.3. The lowest BCUT2D eigenvalue weighted by molar-refractivity contribution is 0.0717. The van der Waals surface area contributed by atoms with Crippen molar-refractivity contribution in [3.8, 4) is 0 Å². The number of aliphatic hydroxyl groups is 2. The van der Waals surface area contributed by atoms with Gasteiger partial charge in [-0.05, 0) is 6.08 Å². The molecule has 0 radical (unpaired) electrons. The lowest BCUT2D eigenvalue weighted by atomic mass is 9.88. The maximum Gasteiger partial charge on any atom is 0.300 e. The predicted molar refractivity (Wildman–Crippen MR) is 70.6 cm³/mol. The molecule has 0 amide bonds. The molecule has 0 aliphatic heterocycles. The molecule has 3 N–H and O–H groups in total. The molecule has 2 atom stereocenters. The van der Waals surface area contributed by atoms with Gasteiger partial charge < -0.3 is 10.2 Å². The minimum absolute atomic E-state index is 0.180. The van der Waals surface area contributed by atoms with Crippen LogP contribution in [0.1, 0.15) is 10.4 Å². The van der Waals surface area contributed by atoms with Gasteiger partial charge in [0, 0.05) is 11.6 Å². The molecule has 20 heavy (non-hydrogen) atoms. The molecule has 0 aromatic heterocycles. The van der Waals surface area contributed by atoms with Crippen molar-refractivity contribution in [1.29, 1.82) is 0 Å². The Hall–Kier alpha value is -1.96. The van der Waals surface area contributed by atoms with Crippen LogP contribution in [0.5, 0.6) is 0 Å². The zero-order valence-electron chi connectivity index (χ0n) is 10.2. The minimum Gasteiger partial charge on any atom is -0.508 e. The van der Waals surface area contributed by atoms with E-state index in [1.54, 1.807) is 18.2 Å². The average molecular weight is 296 g/mol. The molecule has 0 saturated heterocycles. The number of allylic oxidation sites excluding steroid dienone is 1. The summed E-state index contributed by atoms with van der Waals surface area (Å²) < 4.78 is 31.9. The van der Waals surface area contributed by atoms with Crippen LogP contribution >= 0.6 is 0 Å². The van der Waals surface area contributed by atoms with Gasteiger partial charge in [-0.2, -0.15) is 8.42 Å². The summed E-state index contributed by atoms with van der Waals surface area (Å²) >= 11 is 0. The predicted octanol–water partition coefficient (Wildman–Crippen LogP) is 1.07. The second-order valence-electron chi connectivity index (χ2n) is 4.36. The summed E-state index contributed by atoms with van der Waals surface area (Å²) in [7, 11) is -5.01. The van der Waals surface area contributed by atoms with E-state index < -0.39 is 32.5 Å². The summed E-state index contributed by atoms with van der Waals surface area (Å²) in [6, 6.07) is 7.75. The van der Waals surface area contributed by atoms with Crippen molar-refractivity contribution in [2.45, 2.75) is 4.93 Å². The fraction of sp³-hybridized carbons (Fsp3) is 0.154. The zero-order valence-corrected chi connectivity index (χ0v) is 11.0. The first-order valence-electron chi connectivity index (χ1n) is 5.64. The first kappa shape index (κ1) is 14.4. The highest BCUT2D eigenvalue weighted by molar-refractivity contribution is 7.87. The Morgan fingerprint density at radius 2 is 1.80 bits per heavy atom. The van der Waals surface area contributed by atoms with Crippen LogP contribution < -0.4 is 0 Å². The third kappa shape index (κ3) is 2.38. The van der Waals surface area contributed by atoms with Crippen LogP contribution in [0.2, 0.25) is 0 Å². The summed E-state index contributed by atoms with van der Waals surface area (Å²) in [5, 5.41) is 19.4. The summed E-state index contributed by atoms with van der Waals surface area (Å²) in [4.78, 5) is 9.38. The van der Waals surface area contributed by atoms with Crippen molar-refractivity contribution in [3.63, 3.8) is 0 Å². The fourth-order valence-electron chi connectivity index (χ4n) is 1.97. The fourth-order valence-corrected chi connectivity index (χ4v) is 2.75. The van der Waals surface area contributed by atoms with Gasteiger partial charge in [0.2, 0.25) is 4.93 Å². The molecule has 1 aliphatic carbocycles. The van der Waals surface area contributed by atoms with Gasteiger partial charge in [-0.3, -0.25) is 9.35 Å². The van der Waals surface area contributed by atoms with Gasteiger partial charge >= 0.3 is 0 Å². The lowest BCUT2D eigenvalue weighted by Crippen LogP contribution is -2.47. The molecule has 1 aromatic rings. The first-order chi connectivity index (χ1) is 9.25. The SMILES string of the molecule is O=C(c1ccccc1)C1C=CC(O)=CC1(O)S(=O)(=O)O. The van der Waals surface area contributed by atoms with E-state index in [0.717, 1.165) is 12.2 Å². The van der Waals surface area contributed by atoms with E-state index in [-0.39, 0.29) is 5.56 Å². The smallest absolute Gasteiger partial charge is 0.300 e. The number of carbonyl (C=O) groups excluding carboxylic acids is 1. The van der Waals surface area contributed by atoms with E-state index >= 15 is 0 Å². The van der Waals surface area contributed by atoms with E-state index in [0.29, 0.717) is 6.08 Å². The third-order valence-corrected chi connectivity index (χ3v) is 4.21. The van der Waals surface area contributed by atoms with Crippen molar-refractivity contribution < 1.29 is 28.0 Å². The molecule has 2 unspecified atom stereocenters. The average Bonchev–Trinajstić information content (AvgIpc) is 2.38. The summed E-state index contributed by atoms with van der Waals surface area (Å²) in [5.74, 6) is -2.79. The Morgan fingerprint density at radius 3 is 2.35 bits per heavy atom. The number of hydrogen-bond donors (Lipinski definition) is 3. The van der Waals surface area contributed by atoms with Crippen LogP contribution in [0.15, 0.2) is 54.3 Å². The van der Waals surface area contributed by atoms with Gasteiger partial charge in [0.05, 0.1) is 5.92 Å². The van der Waals surface area contributed by atoms with Gasteiger partial charge in [0.25, 0.3) is 10.1 Å². The van der Waals surface area contributed by atoms with Gasteiger partial charge in [-0.1, -0.05) is 36.4 Å². The number of rotatable bonds is 3. The number of ketones is 1. The molecule has 1 aliphatic rings. The van der Waals surface area contributed by atoms with Gasteiger partial charge in [-0.15, -0.1) is 0 Å². The standard InChI is InChI=1S/C13H12O6S/c14-10-6-7-11(13(16,8-10)20(17,18)19)12(15)9-4-2-1-3-5-9/h1-8,11,14,16H,(H,17,18,19). The minimum atomic E-state index is -5.01. The quantitative estimate of drug-likeness (QED) is 0.568. The van der Waals surface area contributed by atoms with Crippen molar-refractivity contribution in [1.82, 2.24) is 0 Å². The molecule has 2 rings (SSSR count). The summed E-state index contributed by atoms with van der Waals surface area (Å²) in [6.45, 7) is 0. The van der Waals surface area contributed by atoms with Crippen molar-refractivity contribution in [3.05, 3.63) is 59.9 Å². The molecule has 0 heterocycles. The molecule has 0 fully saturated rings. The first-order valence-corrected chi connectivity index (χ1v) is 7.08. The largest absolute Gasteiger partial charge is 0.508 e. The van der Waals surface area contributed by atoms with Gasteiger partial charge in [0.1, 0.15) is 5.76 Å². The van der Waals surface area contributed by atoms with Crippen molar-refractivity contribution in [2.75, 3.05) is 0 Å². The molecule has 6 nitrogen and oxygen atoms in total. The van der Waals surface area contributed by atoms with E-state index in [2.05, 4.69) is 0 Å². The second kappa shape index (κ2) is 4.86. The monoisotopic (exact) mass is 296 g/mol. The Labute approximate surface area is 115 Å². The van der Waals surface area contributed by atoms with Crippen LogP contribution in [0.4, 0.5) is 0 Å². The number of hydrogen-bond acceptors (Lipinski definition) is 5. The van der Waals surface area contributed by atoms with E-state index in [9.17, 15) is 23.4 Å². The number of carbonyl (C=O) groups is 1. The number of aliphatic hydroxyl groups excluding tert-OH is 1. The molecule has 7 heteroatoms. The Morgan fingerprint density at radius 1 is 1.20 bits per heavy atom. The number of benzene rings is 1. The summed E-state index contributed by atoms with van der Waals surface area (Å²) in [5.41, 5.74) is 0.180. The Balaban J connectivity index is 2.51. The van der Waals surface area contributed by atoms with Crippen molar-refractivity contribution in [2.24, 2.45) is 5.92 Å². The van der Waals surface area contributed by atoms with Gasteiger partial charge in [0.15, 0.2) is 5.78 Å². The maximum absolute atomic E-state index is 12.3. The molecular formula is C13H12O6S. The Bertz CT molecular complexity index is 689. The molecule has 106 valence electrons. The zero-order chi connectivity index (χ0) is 15.0. The van der Waals surface area contributed by atoms with Crippen LogP contribution in [0.25, 0.3) is 0 Å². The molecule has 0 spiro atoms. The van der Waals surface area contributed by atoms with Crippen molar-refractivity contribution >= 4 is 15.9 Å². The van der Waals surface area contributed by atoms with Crippen LogP contribution in [-0.2, 0) is 10.1 Å². The summed E-state index contributed by atoms with van der Waals surface area (Å²) in [6.07, 6.45) is 2.66. The molecule has 0 saturated carbocycles. The van der Waals surface area contributed by atoms with Crippen LogP contribution in [0.3, 0.4) is 0 Å². The highest BCUT2D eigenvalue weighted by Crippen LogP contribution is 2.33. The van der Waals surface area contributed by atoms with E-state index in [4.69, 9.17) is 4.55 Å². The Kier molecular flexibility index (Phi) is 3.51. The lowest BCUT2D eigenvalue weighted by Gasteiger charge is -2.30. The van der Waals surface area contributed by atoms with Gasteiger partial charge in [-0.25, -0.2) is 0 Å². The molecule has 0 bridgehead atoms. The normalized spacial score (nSPS) is 26.1. The highest BCUT2D eigenvalue weighted by Gasteiger charge is 2.50. The van der Waals surface area contributed by atoms with Crippen LogP contribution in [0, 0.1) is 5.92 Å². The molecule has 1 aromatic carbocycles. The van der Waals surface area contributed by atoms with Crippen LogP contribution in [-0.4, -0.2) is 33.9 Å². The second-order valence-corrected chi connectivity index (χ2v) is 5.97. The third-order valence-electron chi connectivity index (χ3n) is 3.01. The number of Topliss-reactive ketones (excluding diaryl/α,β-unsaturated/α-hetero) is 1. The topological polar surface area (TPSA) is 112 Å². The highest BCUT2D eigenvalue weighted by atomic mass is 32.2.